The van der Waals surface area contributed by atoms with E-state index < -0.39 is 5.60 Å². The fourth-order valence-corrected chi connectivity index (χ4v) is 2.67. The number of benzene rings is 1. The predicted octanol–water partition coefficient (Wildman–Crippen LogP) is 5.87. The molecule has 1 rings (SSSR count). The number of rotatable bonds is 12. The Morgan fingerprint density at radius 3 is 2.74 bits per heavy atom. The number of ether oxygens (including phenoxy) is 1. The molecule has 0 radical (unpaired) electrons. The van der Waals surface area contributed by atoms with Crippen LogP contribution in [0.15, 0.2) is 41.4 Å². The summed E-state index contributed by atoms with van der Waals surface area (Å²) in [6, 6.07) is 7.29. The molecule has 1 aromatic carbocycles. The van der Waals surface area contributed by atoms with Gasteiger partial charge in [0.2, 0.25) is 0 Å². The summed E-state index contributed by atoms with van der Waals surface area (Å²) in [5, 5.41) is 9.77. The zero-order valence-corrected chi connectivity index (χ0v) is 17.3. The van der Waals surface area contributed by atoms with Crippen molar-refractivity contribution in [1.82, 2.24) is 0 Å². The number of aliphatic hydroxyl groups is 1. The van der Waals surface area contributed by atoms with Crippen molar-refractivity contribution in [2.24, 2.45) is 10.9 Å². The van der Waals surface area contributed by atoms with Crippen LogP contribution < -0.4 is 0 Å². The first-order valence-electron chi connectivity index (χ1n) is 9.99. The molecule has 4 heteroatoms. The molecule has 1 N–H and O–H groups in total. The summed E-state index contributed by atoms with van der Waals surface area (Å²) in [6.45, 7) is 8.32. The Balaban J connectivity index is 2.51. The van der Waals surface area contributed by atoms with E-state index in [9.17, 15) is 9.90 Å². The van der Waals surface area contributed by atoms with Crippen LogP contribution in [0.3, 0.4) is 0 Å². The SMILES string of the molecule is CC/C=C/CCOC(=O)c1ccccc1N=CCC(C)CCCC(C)(C)O. The molecular formula is C23H35NO3. The smallest absolute Gasteiger partial charge is 0.340 e. The van der Waals surface area contributed by atoms with Gasteiger partial charge in [0.15, 0.2) is 0 Å². The number of hydrogen-bond donors (Lipinski definition) is 1. The van der Waals surface area contributed by atoms with E-state index in [1.54, 1.807) is 6.07 Å². The fraction of sp³-hybridized carbons (Fsp3) is 0.565. The maximum atomic E-state index is 12.3. The van der Waals surface area contributed by atoms with Crippen LogP contribution in [0.2, 0.25) is 0 Å². The van der Waals surface area contributed by atoms with Crippen LogP contribution in [0, 0.1) is 5.92 Å². The summed E-state index contributed by atoms with van der Waals surface area (Å²) in [6.07, 6.45) is 11.4. The second-order valence-corrected chi connectivity index (χ2v) is 7.68. The van der Waals surface area contributed by atoms with Crippen LogP contribution in [0.4, 0.5) is 5.69 Å². The van der Waals surface area contributed by atoms with Crippen LogP contribution in [0.25, 0.3) is 0 Å². The Kier molecular flexibility index (Phi) is 10.6. The summed E-state index contributed by atoms with van der Waals surface area (Å²) in [7, 11) is 0. The molecule has 1 unspecified atom stereocenters. The molecule has 0 heterocycles. The van der Waals surface area contributed by atoms with Crippen molar-refractivity contribution in [1.29, 1.82) is 0 Å². The van der Waals surface area contributed by atoms with Crippen molar-refractivity contribution < 1.29 is 14.6 Å². The minimum Gasteiger partial charge on any atom is -0.462 e. The van der Waals surface area contributed by atoms with Crippen molar-refractivity contribution in [3.8, 4) is 0 Å². The number of carbonyl (C=O) groups excluding carboxylic acids is 1. The van der Waals surface area contributed by atoms with E-state index >= 15 is 0 Å². The predicted molar refractivity (Wildman–Crippen MR) is 113 cm³/mol. The van der Waals surface area contributed by atoms with Gasteiger partial charge in [-0.2, -0.15) is 0 Å². The second-order valence-electron chi connectivity index (χ2n) is 7.68. The van der Waals surface area contributed by atoms with Gasteiger partial charge in [0, 0.05) is 6.21 Å². The number of esters is 1. The second kappa shape index (κ2) is 12.4. The first-order chi connectivity index (χ1) is 12.8. The Bertz CT molecular complexity index is 614. The van der Waals surface area contributed by atoms with Gasteiger partial charge >= 0.3 is 5.97 Å². The Morgan fingerprint density at radius 1 is 1.30 bits per heavy atom. The number of carbonyl (C=O) groups is 1. The lowest BCUT2D eigenvalue weighted by Gasteiger charge is -2.17. The number of para-hydroxylation sites is 1. The normalized spacial score (nSPS) is 13.4. The van der Waals surface area contributed by atoms with E-state index in [0.29, 0.717) is 23.8 Å². The van der Waals surface area contributed by atoms with Gasteiger partial charge in [0.25, 0.3) is 0 Å². The summed E-state index contributed by atoms with van der Waals surface area (Å²) >= 11 is 0. The molecule has 0 bridgehead atoms. The van der Waals surface area contributed by atoms with E-state index in [1.165, 1.54) is 0 Å². The van der Waals surface area contributed by atoms with Crippen LogP contribution in [0.5, 0.6) is 0 Å². The minimum absolute atomic E-state index is 0.328. The molecule has 0 spiro atoms. The first-order valence-corrected chi connectivity index (χ1v) is 9.99. The molecule has 27 heavy (non-hydrogen) atoms. The molecule has 150 valence electrons. The van der Waals surface area contributed by atoms with Crippen molar-refractivity contribution in [3.05, 3.63) is 42.0 Å². The number of hydrogen-bond acceptors (Lipinski definition) is 4. The molecule has 0 fully saturated rings. The van der Waals surface area contributed by atoms with Gasteiger partial charge in [-0.3, -0.25) is 4.99 Å². The molecule has 1 aromatic rings. The quantitative estimate of drug-likeness (QED) is 0.216. The maximum absolute atomic E-state index is 12.3. The average molecular weight is 374 g/mol. The highest BCUT2D eigenvalue weighted by atomic mass is 16.5. The fourth-order valence-electron chi connectivity index (χ4n) is 2.67. The molecule has 0 aliphatic rings. The summed E-state index contributed by atoms with van der Waals surface area (Å²) < 4.78 is 5.34. The van der Waals surface area contributed by atoms with E-state index in [0.717, 1.165) is 38.5 Å². The lowest BCUT2D eigenvalue weighted by Crippen LogP contribution is -2.18. The third kappa shape index (κ3) is 10.7. The summed E-state index contributed by atoms with van der Waals surface area (Å²) in [4.78, 5) is 16.8. The highest BCUT2D eigenvalue weighted by Gasteiger charge is 2.13. The molecule has 0 aliphatic heterocycles. The zero-order valence-electron chi connectivity index (χ0n) is 17.3. The van der Waals surface area contributed by atoms with Gasteiger partial charge in [-0.05, 0) is 57.6 Å². The molecule has 0 aliphatic carbocycles. The number of allylic oxidation sites excluding steroid dienone is 1. The molecule has 0 saturated carbocycles. The molecule has 4 nitrogen and oxygen atoms in total. The van der Waals surface area contributed by atoms with Crippen LogP contribution in [-0.4, -0.2) is 29.5 Å². The Labute approximate surface area is 164 Å². The van der Waals surface area contributed by atoms with Gasteiger partial charge in [-0.15, -0.1) is 0 Å². The lowest BCUT2D eigenvalue weighted by molar-refractivity contribution is 0.0512. The van der Waals surface area contributed by atoms with E-state index in [-0.39, 0.29) is 5.97 Å². The first kappa shape index (κ1) is 23.1. The van der Waals surface area contributed by atoms with Crippen LogP contribution in [-0.2, 0) is 4.74 Å². The number of nitrogens with zero attached hydrogens (tertiary/aromatic N) is 1. The zero-order chi connectivity index (χ0) is 20.1. The third-order valence-corrected chi connectivity index (χ3v) is 4.27. The molecule has 0 saturated heterocycles. The number of aliphatic imine (C=N–C) groups is 1. The highest BCUT2D eigenvalue weighted by molar-refractivity contribution is 5.95. The minimum atomic E-state index is -0.598. The Hall–Kier alpha value is -1.94. The van der Waals surface area contributed by atoms with Crippen LogP contribution in [0.1, 0.15) is 76.6 Å². The van der Waals surface area contributed by atoms with Gasteiger partial charge in [-0.25, -0.2) is 4.79 Å². The third-order valence-electron chi connectivity index (χ3n) is 4.27. The van der Waals surface area contributed by atoms with Crippen molar-refractivity contribution in [2.45, 2.75) is 71.8 Å². The summed E-state index contributed by atoms with van der Waals surface area (Å²) in [5.41, 5.74) is 0.553. The standard InChI is InChI=1S/C23H35NO3/c1-5-6-7-10-18-27-22(25)20-13-8-9-14-21(20)24-17-15-19(2)12-11-16-23(3,4)26/h6-9,13-14,17,19,26H,5,10-12,15-16,18H2,1-4H3/b7-6+,24-17?. The Morgan fingerprint density at radius 2 is 2.04 bits per heavy atom. The lowest BCUT2D eigenvalue weighted by atomic mass is 9.95. The van der Waals surface area contributed by atoms with Gasteiger partial charge < -0.3 is 9.84 Å². The van der Waals surface area contributed by atoms with Crippen molar-refractivity contribution in [3.63, 3.8) is 0 Å². The topological polar surface area (TPSA) is 58.9 Å². The van der Waals surface area contributed by atoms with E-state index in [1.807, 2.05) is 44.3 Å². The van der Waals surface area contributed by atoms with Crippen molar-refractivity contribution >= 4 is 17.9 Å². The monoisotopic (exact) mass is 373 g/mol. The van der Waals surface area contributed by atoms with Gasteiger partial charge in [0.1, 0.15) is 0 Å². The van der Waals surface area contributed by atoms with Gasteiger partial charge in [0.05, 0.1) is 23.5 Å². The molecule has 0 aromatic heterocycles. The maximum Gasteiger partial charge on any atom is 0.340 e. The molecular weight excluding hydrogens is 338 g/mol. The van der Waals surface area contributed by atoms with E-state index in [4.69, 9.17) is 4.74 Å². The molecule has 0 amide bonds. The average Bonchev–Trinajstić information content (AvgIpc) is 2.60. The van der Waals surface area contributed by atoms with Gasteiger partial charge in [-0.1, -0.05) is 51.0 Å². The highest BCUT2D eigenvalue weighted by Crippen LogP contribution is 2.21. The summed E-state index contributed by atoms with van der Waals surface area (Å²) in [5.74, 6) is 0.159. The van der Waals surface area contributed by atoms with Crippen LogP contribution >= 0.6 is 0 Å². The molecule has 1 atom stereocenters. The van der Waals surface area contributed by atoms with Crippen molar-refractivity contribution in [2.75, 3.05) is 6.61 Å². The van der Waals surface area contributed by atoms with E-state index in [2.05, 4.69) is 24.9 Å². The largest absolute Gasteiger partial charge is 0.462 e.